The minimum absolute atomic E-state index is 0.300. The Labute approximate surface area is 92.3 Å². The van der Waals surface area contributed by atoms with Gasteiger partial charge in [-0.3, -0.25) is 0 Å². The number of halogens is 2. The van der Waals surface area contributed by atoms with Gasteiger partial charge in [0.05, 0.1) is 6.61 Å². The topological polar surface area (TPSA) is 61.0 Å². The summed E-state index contributed by atoms with van der Waals surface area (Å²) >= 11 is 11.6. The maximum atomic E-state index is 5.89. The second kappa shape index (κ2) is 4.40. The molecule has 1 rings (SSSR count). The summed E-state index contributed by atoms with van der Waals surface area (Å²) in [5.74, 6) is 5.03. The number of hydrogen-bond acceptors (Lipinski definition) is 4. The zero-order valence-corrected chi connectivity index (χ0v) is 9.43. The van der Waals surface area contributed by atoms with Gasteiger partial charge in [-0.25, -0.2) is 5.90 Å². The second-order valence-electron chi connectivity index (χ2n) is 3.57. The van der Waals surface area contributed by atoms with Crippen molar-refractivity contribution in [1.29, 1.82) is 0 Å². The number of aromatic nitrogens is 2. The Morgan fingerprint density at radius 2 is 2.07 bits per heavy atom. The summed E-state index contributed by atoms with van der Waals surface area (Å²) in [6, 6.07) is 1.66. The standard InChI is InChI=1S/C8H11Cl2N3O/c1-8(2,4-14-11)5-3-6(9)12-13-7(5)10/h3H,4,11H2,1-2H3. The molecule has 0 aromatic carbocycles. The van der Waals surface area contributed by atoms with Crippen LogP contribution >= 0.6 is 23.2 Å². The smallest absolute Gasteiger partial charge is 0.155 e. The second-order valence-corrected chi connectivity index (χ2v) is 4.31. The molecule has 2 N–H and O–H groups in total. The van der Waals surface area contributed by atoms with E-state index in [0.29, 0.717) is 16.9 Å². The third kappa shape index (κ3) is 2.54. The Balaban J connectivity index is 3.10. The summed E-state index contributed by atoms with van der Waals surface area (Å²) in [6.45, 7) is 4.19. The first-order valence-electron chi connectivity index (χ1n) is 3.98. The van der Waals surface area contributed by atoms with E-state index in [9.17, 15) is 0 Å². The number of nitrogens with zero attached hydrogens (tertiary/aromatic N) is 2. The highest BCUT2D eigenvalue weighted by Crippen LogP contribution is 2.29. The minimum Gasteiger partial charge on any atom is -0.304 e. The van der Waals surface area contributed by atoms with E-state index in [-0.39, 0.29) is 5.41 Å². The SMILES string of the molecule is CC(C)(CON)c1cc(Cl)nnc1Cl. The van der Waals surface area contributed by atoms with Crippen LogP contribution in [0, 0.1) is 0 Å². The zero-order chi connectivity index (χ0) is 10.8. The van der Waals surface area contributed by atoms with Crippen LogP contribution in [0.25, 0.3) is 0 Å². The van der Waals surface area contributed by atoms with Crippen LogP contribution in [0.3, 0.4) is 0 Å². The van der Waals surface area contributed by atoms with Crippen LogP contribution in [0.2, 0.25) is 10.3 Å². The van der Waals surface area contributed by atoms with Gasteiger partial charge in [0.2, 0.25) is 0 Å². The van der Waals surface area contributed by atoms with Crippen LogP contribution in [-0.2, 0) is 10.3 Å². The fraction of sp³-hybridized carbons (Fsp3) is 0.500. The summed E-state index contributed by atoms with van der Waals surface area (Å²) in [6.07, 6.45) is 0. The summed E-state index contributed by atoms with van der Waals surface area (Å²) in [5.41, 5.74) is 0.426. The zero-order valence-electron chi connectivity index (χ0n) is 7.92. The Morgan fingerprint density at radius 3 is 2.64 bits per heavy atom. The molecule has 0 bridgehead atoms. The van der Waals surface area contributed by atoms with Crippen molar-refractivity contribution in [1.82, 2.24) is 10.2 Å². The van der Waals surface area contributed by atoms with Crippen molar-refractivity contribution in [3.8, 4) is 0 Å². The molecule has 0 amide bonds. The molecular formula is C8H11Cl2N3O. The first kappa shape index (κ1) is 11.7. The molecule has 0 saturated heterocycles. The van der Waals surface area contributed by atoms with Crippen molar-refractivity contribution < 1.29 is 4.84 Å². The maximum absolute atomic E-state index is 5.89. The van der Waals surface area contributed by atoms with Gasteiger partial charge in [-0.2, -0.15) is 0 Å². The Morgan fingerprint density at radius 1 is 1.43 bits per heavy atom. The number of nitrogens with two attached hydrogens (primary N) is 1. The molecule has 0 saturated carbocycles. The highest BCUT2D eigenvalue weighted by molar-refractivity contribution is 6.31. The molecule has 0 aliphatic heterocycles. The van der Waals surface area contributed by atoms with Gasteiger partial charge in [0.1, 0.15) is 0 Å². The lowest BCUT2D eigenvalue weighted by Gasteiger charge is -2.23. The quantitative estimate of drug-likeness (QED) is 0.814. The molecule has 0 aliphatic carbocycles. The normalized spacial score (nSPS) is 11.8. The summed E-state index contributed by atoms with van der Waals surface area (Å²) < 4.78 is 0. The molecule has 1 aromatic heterocycles. The van der Waals surface area contributed by atoms with E-state index in [0.717, 1.165) is 5.56 Å². The summed E-state index contributed by atoms with van der Waals surface area (Å²) in [7, 11) is 0. The van der Waals surface area contributed by atoms with E-state index in [2.05, 4.69) is 15.0 Å². The molecule has 4 nitrogen and oxygen atoms in total. The maximum Gasteiger partial charge on any atom is 0.155 e. The summed E-state index contributed by atoms with van der Waals surface area (Å²) in [4.78, 5) is 4.61. The predicted octanol–water partition coefficient (Wildman–Crippen LogP) is 1.95. The Bertz CT molecular complexity index is 330. The molecule has 0 aliphatic rings. The lowest BCUT2D eigenvalue weighted by molar-refractivity contribution is 0.0963. The average molecular weight is 236 g/mol. The highest BCUT2D eigenvalue weighted by atomic mass is 35.5. The number of rotatable bonds is 3. The lowest BCUT2D eigenvalue weighted by Crippen LogP contribution is -2.27. The van der Waals surface area contributed by atoms with Crippen LogP contribution in [0.5, 0.6) is 0 Å². The molecule has 6 heteroatoms. The van der Waals surface area contributed by atoms with E-state index in [1.807, 2.05) is 13.8 Å². The molecule has 1 heterocycles. The number of hydrogen-bond donors (Lipinski definition) is 1. The molecule has 78 valence electrons. The van der Waals surface area contributed by atoms with Gasteiger partial charge in [-0.05, 0) is 6.07 Å². The molecule has 0 spiro atoms. The van der Waals surface area contributed by atoms with Crippen molar-refractivity contribution in [2.24, 2.45) is 5.90 Å². The van der Waals surface area contributed by atoms with Gasteiger partial charge in [-0.1, -0.05) is 37.0 Å². The van der Waals surface area contributed by atoms with Gasteiger partial charge in [0.25, 0.3) is 0 Å². The Hall–Kier alpha value is -0.420. The molecule has 14 heavy (non-hydrogen) atoms. The van der Waals surface area contributed by atoms with E-state index in [4.69, 9.17) is 29.1 Å². The van der Waals surface area contributed by atoms with Crippen LogP contribution in [0.4, 0.5) is 0 Å². The van der Waals surface area contributed by atoms with E-state index < -0.39 is 0 Å². The lowest BCUT2D eigenvalue weighted by atomic mass is 9.87. The predicted molar refractivity (Wildman–Crippen MR) is 55.2 cm³/mol. The van der Waals surface area contributed by atoms with Crippen molar-refractivity contribution in [3.63, 3.8) is 0 Å². The Kier molecular flexibility index (Phi) is 3.66. The highest BCUT2D eigenvalue weighted by Gasteiger charge is 2.25. The van der Waals surface area contributed by atoms with E-state index in [1.54, 1.807) is 6.07 Å². The fourth-order valence-corrected chi connectivity index (χ4v) is 1.61. The van der Waals surface area contributed by atoms with Crippen LogP contribution in [-0.4, -0.2) is 16.8 Å². The average Bonchev–Trinajstić information content (AvgIpc) is 2.09. The van der Waals surface area contributed by atoms with Crippen molar-refractivity contribution in [3.05, 3.63) is 21.9 Å². The molecule has 0 unspecified atom stereocenters. The largest absolute Gasteiger partial charge is 0.304 e. The van der Waals surface area contributed by atoms with Crippen LogP contribution in [0.1, 0.15) is 19.4 Å². The van der Waals surface area contributed by atoms with Gasteiger partial charge < -0.3 is 4.84 Å². The molecule has 0 atom stereocenters. The molecular weight excluding hydrogens is 225 g/mol. The molecule has 0 radical (unpaired) electrons. The summed E-state index contributed by atoms with van der Waals surface area (Å²) in [5, 5.41) is 7.96. The van der Waals surface area contributed by atoms with E-state index >= 15 is 0 Å². The van der Waals surface area contributed by atoms with Crippen molar-refractivity contribution >= 4 is 23.2 Å². The molecule has 1 aromatic rings. The van der Waals surface area contributed by atoms with Crippen molar-refractivity contribution in [2.45, 2.75) is 19.3 Å². The minimum atomic E-state index is -0.342. The fourth-order valence-electron chi connectivity index (χ4n) is 1.11. The third-order valence-corrected chi connectivity index (χ3v) is 2.36. The monoisotopic (exact) mass is 235 g/mol. The van der Waals surface area contributed by atoms with E-state index in [1.165, 1.54) is 0 Å². The third-order valence-electron chi connectivity index (χ3n) is 1.89. The first-order valence-corrected chi connectivity index (χ1v) is 4.74. The first-order chi connectivity index (χ1) is 6.47. The van der Waals surface area contributed by atoms with Gasteiger partial charge >= 0.3 is 0 Å². The van der Waals surface area contributed by atoms with Gasteiger partial charge in [-0.15, -0.1) is 10.2 Å². The molecule has 0 fully saturated rings. The van der Waals surface area contributed by atoms with Gasteiger partial charge in [0.15, 0.2) is 10.3 Å². The van der Waals surface area contributed by atoms with Crippen LogP contribution in [0.15, 0.2) is 6.07 Å². The van der Waals surface area contributed by atoms with Crippen LogP contribution < -0.4 is 5.90 Å². The van der Waals surface area contributed by atoms with Crippen molar-refractivity contribution in [2.75, 3.05) is 6.61 Å². The van der Waals surface area contributed by atoms with Gasteiger partial charge in [0, 0.05) is 11.0 Å².